The van der Waals surface area contributed by atoms with Crippen LogP contribution >= 0.6 is 0 Å². The predicted octanol–water partition coefficient (Wildman–Crippen LogP) is 0.462. The Kier molecular flexibility index (Phi) is 6.97. The summed E-state index contributed by atoms with van der Waals surface area (Å²) in [4.78, 5) is 28.6. The Morgan fingerprint density at radius 2 is 1.71 bits per heavy atom. The van der Waals surface area contributed by atoms with E-state index in [1.165, 1.54) is 16.9 Å². The molecule has 2 aromatic carbocycles. The molecule has 0 bridgehead atoms. The van der Waals surface area contributed by atoms with Gasteiger partial charge in [0.25, 0.3) is 5.91 Å². The van der Waals surface area contributed by atoms with Crippen LogP contribution in [0.4, 0.5) is 0 Å². The van der Waals surface area contributed by atoms with Gasteiger partial charge in [0, 0.05) is 18.5 Å². The first-order chi connectivity index (χ1) is 14.9. The molecular formula is C24H28N2O5. The zero-order valence-corrected chi connectivity index (χ0v) is 18.3. The van der Waals surface area contributed by atoms with E-state index in [4.69, 9.17) is 9.47 Å². The van der Waals surface area contributed by atoms with Gasteiger partial charge in [0.2, 0.25) is 5.78 Å². The average molecular weight is 424 g/mol. The number of ketones is 1. The van der Waals surface area contributed by atoms with Crippen LogP contribution < -0.4 is 19.5 Å². The smallest absolute Gasteiger partial charge is 0.295 e. The van der Waals surface area contributed by atoms with Gasteiger partial charge in [-0.1, -0.05) is 30.0 Å². The quantitative estimate of drug-likeness (QED) is 0.378. The third-order valence-corrected chi connectivity index (χ3v) is 5.37. The SMILES string of the molecule is COc1ccc(C2C(=C([O-])c3cccc(OC)c3)C(=O)C(=O)N2CCC[NH+](C)C)cc1. The number of quaternary nitrogens is 1. The van der Waals surface area contributed by atoms with E-state index < -0.39 is 23.5 Å². The molecule has 1 aliphatic heterocycles. The number of nitrogens with one attached hydrogen (secondary N) is 1. The highest BCUT2D eigenvalue weighted by atomic mass is 16.5. The fraction of sp³-hybridized carbons (Fsp3) is 0.333. The van der Waals surface area contributed by atoms with Crippen molar-refractivity contribution in [1.29, 1.82) is 0 Å². The van der Waals surface area contributed by atoms with Gasteiger partial charge in [-0.2, -0.15) is 0 Å². The number of methoxy groups -OCH3 is 2. The van der Waals surface area contributed by atoms with E-state index in [0.717, 1.165) is 6.54 Å². The van der Waals surface area contributed by atoms with Crippen LogP contribution in [0, 0.1) is 0 Å². The molecule has 7 heteroatoms. The lowest BCUT2D eigenvalue weighted by Gasteiger charge is -2.28. The minimum absolute atomic E-state index is 0.0272. The largest absolute Gasteiger partial charge is 0.872 e. The van der Waals surface area contributed by atoms with E-state index in [9.17, 15) is 14.7 Å². The van der Waals surface area contributed by atoms with Crippen molar-refractivity contribution in [2.75, 3.05) is 41.4 Å². The minimum atomic E-state index is -0.745. The monoisotopic (exact) mass is 424 g/mol. The maximum Gasteiger partial charge on any atom is 0.295 e. The molecule has 3 rings (SSSR count). The second-order valence-electron chi connectivity index (χ2n) is 7.79. The summed E-state index contributed by atoms with van der Waals surface area (Å²) in [6.07, 6.45) is 0.717. The summed E-state index contributed by atoms with van der Waals surface area (Å²) >= 11 is 0. The standard InChI is InChI=1S/C24H28N2O5/c1-25(2)13-6-14-26-21(16-9-11-18(30-3)12-10-16)20(23(28)24(26)29)22(27)17-7-5-8-19(15-17)31-4/h5,7-12,15,21,27H,6,13-14H2,1-4H3. The normalized spacial score (nSPS) is 18.0. The molecule has 1 heterocycles. The van der Waals surface area contributed by atoms with E-state index in [0.29, 0.717) is 35.6 Å². The summed E-state index contributed by atoms with van der Waals surface area (Å²) in [5, 5.41) is 13.4. The van der Waals surface area contributed by atoms with Gasteiger partial charge in [-0.25, -0.2) is 0 Å². The molecule has 1 atom stereocenters. The number of ether oxygens (including phenoxy) is 2. The van der Waals surface area contributed by atoms with Crippen LogP contribution in [0.3, 0.4) is 0 Å². The molecule has 2 aromatic rings. The van der Waals surface area contributed by atoms with Gasteiger partial charge in [0.05, 0.1) is 40.9 Å². The molecule has 0 spiro atoms. The number of hydrogen-bond donors (Lipinski definition) is 1. The molecule has 1 aliphatic rings. The van der Waals surface area contributed by atoms with Gasteiger partial charge in [0.15, 0.2) is 0 Å². The van der Waals surface area contributed by atoms with Crippen LogP contribution in [0.15, 0.2) is 54.1 Å². The summed E-state index contributed by atoms with van der Waals surface area (Å²) in [7, 11) is 7.14. The number of likely N-dealkylation sites (tertiary alicyclic amines) is 1. The Hall–Kier alpha value is -3.32. The molecule has 0 radical (unpaired) electrons. The zero-order valence-electron chi connectivity index (χ0n) is 18.3. The number of benzene rings is 2. The predicted molar refractivity (Wildman–Crippen MR) is 115 cm³/mol. The lowest BCUT2D eigenvalue weighted by Crippen LogP contribution is -3.05. The van der Waals surface area contributed by atoms with Crippen LogP contribution in [-0.4, -0.2) is 58.0 Å². The molecule has 1 fully saturated rings. The third kappa shape index (κ3) is 4.72. The Labute approximate surface area is 182 Å². The summed E-state index contributed by atoms with van der Waals surface area (Å²) in [5.74, 6) is -0.677. The minimum Gasteiger partial charge on any atom is -0.872 e. The molecule has 1 saturated heterocycles. The van der Waals surface area contributed by atoms with Crippen LogP contribution in [-0.2, 0) is 9.59 Å². The maximum atomic E-state index is 13.4. The first-order valence-corrected chi connectivity index (χ1v) is 10.2. The molecule has 0 aromatic heterocycles. The second kappa shape index (κ2) is 9.66. The van der Waals surface area contributed by atoms with Crippen LogP contribution in [0.2, 0.25) is 0 Å². The van der Waals surface area contributed by atoms with Crippen molar-refractivity contribution >= 4 is 17.4 Å². The van der Waals surface area contributed by atoms with E-state index in [2.05, 4.69) is 0 Å². The molecule has 7 nitrogen and oxygen atoms in total. The number of Topliss-reactive ketones (excluding diaryl/α,β-unsaturated/α-hetero) is 1. The maximum absolute atomic E-state index is 13.4. The highest BCUT2D eigenvalue weighted by Crippen LogP contribution is 2.39. The van der Waals surface area contributed by atoms with E-state index >= 15 is 0 Å². The number of amides is 1. The van der Waals surface area contributed by atoms with Crippen molar-refractivity contribution in [3.05, 3.63) is 65.2 Å². The number of nitrogens with zero attached hydrogens (tertiary/aromatic N) is 1. The number of carbonyl (C=O) groups excluding carboxylic acids is 2. The number of rotatable bonds is 8. The Morgan fingerprint density at radius 1 is 1.03 bits per heavy atom. The first kappa shape index (κ1) is 22.4. The molecule has 0 aliphatic carbocycles. The van der Waals surface area contributed by atoms with Gasteiger partial charge >= 0.3 is 0 Å². The van der Waals surface area contributed by atoms with Crippen molar-refractivity contribution in [3.63, 3.8) is 0 Å². The van der Waals surface area contributed by atoms with Crippen molar-refractivity contribution in [2.24, 2.45) is 0 Å². The summed E-state index contributed by atoms with van der Waals surface area (Å²) < 4.78 is 10.4. The first-order valence-electron chi connectivity index (χ1n) is 10.2. The van der Waals surface area contributed by atoms with Crippen LogP contribution in [0.25, 0.3) is 5.76 Å². The van der Waals surface area contributed by atoms with Gasteiger partial charge in [0.1, 0.15) is 11.5 Å². The number of carbonyl (C=O) groups is 2. The Balaban J connectivity index is 2.09. The lowest BCUT2D eigenvalue weighted by atomic mass is 9.95. The van der Waals surface area contributed by atoms with Gasteiger partial charge in [-0.05, 0) is 35.4 Å². The summed E-state index contributed by atoms with van der Waals surface area (Å²) in [6, 6.07) is 13.0. The Bertz CT molecular complexity index is 982. The lowest BCUT2D eigenvalue weighted by molar-refractivity contribution is -0.858. The second-order valence-corrected chi connectivity index (χ2v) is 7.79. The molecule has 1 N–H and O–H groups in total. The summed E-state index contributed by atoms with van der Waals surface area (Å²) in [5.41, 5.74) is 0.984. The molecular weight excluding hydrogens is 396 g/mol. The topological polar surface area (TPSA) is 83.3 Å². The van der Waals surface area contributed by atoms with Crippen molar-refractivity contribution < 1.29 is 29.1 Å². The van der Waals surface area contributed by atoms with Crippen molar-refractivity contribution in [2.45, 2.75) is 12.5 Å². The van der Waals surface area contributed by atoms with Crippen LogP contribution in [0.5, 0.6) is 11.5 Å². The highest BCUT2D eigenvalue weighted by molar-refractivity contribution is 6.46. The highest BCUT2D eigenvalue weighted by Gasteiger charge is 2.43. The summed E-state index contributed by atoms with van der Waals surface area (Å²) in [6.45, 7) is 1.23. The van der Waals surface area contributed by atoms with E-state index in [1.807, 2.05) is 14.1 Å². The Morgan fingerprint density at radius 3 is 2.32 bits per heavy atom. The van der Waals surface area contributed by atoms with Crippen molar-refractivity contribution in [1.82, 2.24) is 4.90 Å². The molecule has 0 saturated carbocycles. The van der Waals surface area contributed by atoms with Gasteiger partial charge in [-0.15, -0.1) is 0 Å². The molecule has 31 heavy (non-hydrogen) atoms. The van der Waals surface area contributed by atoms with E-state index in [1.54, 1.807) is 55.6 Å². The zero-order chi connectivity index (χ0) is 22.5. The van der Waals surface area contributed by atoms with Crippen LogP contribution in [0.1, 0.15) is 23.6 Å². The molecule has 164 valence electrons. The average Bonchev–Trinajstić information content (AvgIpc) is 3.03. The van der Waals surface area contributed by atoms with Gasteiger partial charge < -0.3 is 24.4 Å². The molecule has 1 amide bonds. The van der Waals surface area contributed by atoms with E-state index in [-0.39, 0.29) is 5.57 Å². The van der Waals surface area contributed by atoms with Crippen molar-refractivity contribution in [3.8, 4) is 11.5 Å². The molecule has 1 unspecified atom stereocenters. The van der Waals surface area contributed by atoms with Gasteiger partial charge in [-0.3, -0.25) is 9.59 Å². The fourth-order valence-electron chi connectivity index (χ4n) is 3.76. The fourth-order valence-corrected chi connectivity index (χ4v) is 3.76. The third-order valence-electron chi connectivity index (χ3n) is 5.37. The number of hydrogen-bond acceptors (Lipinski definition) is 5.